The van der Waals surface area contributed by atoms with Crippen LogP contribution >= 0.6 is 0 Å². The van der Waals surface area contributed by atoms with Gasteiger partial charge in [0.1, 0.15) is 6.04 Å². The van der Waals surface area contributed by atoms with Gasteiger partial charge >= 0.3 is 0 Å². The molecule has 4 nitrogen and oxygen atoms in total. The molecule has 1 saturated heterocycles. The quantitative estimate of drug-likeness (QED) is 0.751. The fourth-order valence-corrected chi connectivity index (χ4v) is 3.19. The standard InChI is InChI=1S/C13H25N3O/c14-13(17)12-10-15-8-9-16(12)11-6-4-2-1-3-5-7-11/h11-12,15H,1-10H2,(H2,14,17). The third kappa shape index (κ3) is 3.42. The highest BCUT2D eigenvalue weighted by Gasteiger charge is 2.31. The van der Waals surface area contributed by atoms with Crippen LogP contribution in [0.3, 0.4) is 0 Å². The largest absolute Gasteiger partial charge is 0.368 e. The van der Waals surface area contributed by atoms with Crippen LogP contribution in [-0.2, 0) is 4.79 Å². The number of nitrogens with one attached hydrogen (secondary N) is 1. The summed E-state index contributed by atoms with van der Waals surface area (Å²) < 4.78 is 0. The molecule has 1 heterocycles. The molecule has 0 aromatic carbocycles. The van der Waals surface area contributed by atoms with E-state index in [9.17, 15) is 4.79 Å². The zero-order valence-corrected chi connectivity index (χ0v) is 10.7. The van der Waals surface area contributed by atoms with Crippen LogP contribution in [0.2, 0.25) is 0 Å². The van der Waals surface area contributed by atoms with Gasteiger partial charge in [0, 0.05) is 25.7 Å². The van der Waals surface area contributed by atoms with Crippen molar-refractivity contribution in [2.75, 3.05) is 19.6 Å². The second-order valence-electron chi connectivity index (χ2n) is 5.36. The van der Waals surface area contributed by atoms with E-state index in [4.69, 9.17) is 5.73 Å². The maximum absolute atomic E-state index is 11.5. The van der Waals surface area contributed by atoms with Gasteiger partial charge < -0.3 is 11.1 Å². The van der Waals surface area contributed by atoms with Crippen LogP contribution < -0.4 is 11.1 Å². The van der Waals surface area contributed by atoms with Crippen LogP contribution in [0.4, 0.5) is 0 Å². The average Bonchev–Trinajstić information content (AvgIpc) is 2.28. The van der Waals surface area contributed by atoms with Crippen molar-refractivity contribution in [3.63, 3.8) is 0 Å². The molecule has 1 saturated carbocycles. The molecule has 0 aromatic rings. The maximum Gasteiger partial charge on any atom is 0.236 e. The minimum absolute atomic E-state index is 0.0897. The number of rotatable bonds is 2. The first kappa shape index (κ1) is 12.8. The molecule has 0 spiro atoms. The molecule has 1 atom stereocenters. The zero-order chi connectivity index (χ0) is 12.1. The molecule has 98 valence electrons. The Bertz CT molecular complexity index is 249. The van der Waals surface area contributed by atoms with Crippen molar-refractivity contribution in [1.82, 2.24) is 10.2 Å². The van der Waals surface area contributed by atoms with Gasteiger partial charge in [0.2, 0.25) is 5.91 Å². The normalized spacial score (nSPS) is 29.5. The van der Waals surface area contributed by atoms with Gasteiger partial charge in [-0.05, 0) is 12.8 Å². The second kappa shape index (κ2) is 6.36. The molecule has 17 heavy (non-hydrogen) atoms. The highest BCUT2D eigenvalue weighted by Crippen LogP contribution is 2.23. The Morgan fingerprint density at radius 1 is 1.12 bits per heavy atom. The Balaban J connectivity index is 1.98. The minimum atomic E-state index is -0.167. The number of carbonyl (C=O) groups is 1. The van der Waals surface area contributed by atoms with Gasteiger partial charge in [0.25, 0.3) is 0 Å². The monoisotopic (exact) mass is 239 g/mol. The molecule has 2 rings (SSSR count). The number of carbonyl (C=O) groups excluding carboxylic acids is 1. The van der Waals surface area contributed by atoms with Crippen LogP contribution in [0.25, 0.3) is 0 Å². The van der Waals surface area contributed by atoms with Crippen molar-refractivity contribution >= 4 is 5.91 Å². The molecule has 1 amide bonds. The summed E-state index contributed by atoms with van der Waals surface area (Å²) in [4.78, 5) is 13.9. The van der Waals surface area contributed by atoms with Crippen molar-refractivity contribution in [3.05, 3.63) is 0 Å². The zero-order valence-electron chi connectivity index (χ0n) is 10.7. The third-order valence-corrected chi connectivity index (χ3v) is 4.16. The number of nitrogens with zero attached hydrogens (tertiary/aromatic N) is 1. The summed E-state index contributed by atoms with van der Waals surface area (Å²) in [6.45, 7) is 2.68. The summed E-state index contributed by atoms with van der Waals surface area (Å²) in [6, 6.07) is 0.489. The molecule has 2 fully saturated rings. The van der Waals surface area contributed by atoms with E-state index >= 15 is 0 Å². The summed E-state index contributed by atoms with van der Waals surface area (Å²) >= 11 is 0. The van der Waals surface area contributed by atoms with Crippen LogP contribution in [0.1, 0.15) is 44.9 Å². The van der Waals surface area contributed by atoms with E-state index in [1.165, 1.54) is 44.9 Å². The van der Waals surface area contributed by atoms with Gasteiger partial charge in [-0.3, -0.25) is 9.69 Å². The Kier molecular flexibility index (Phi) is 4.80. The first-order chi connectivity index (χ1) is 8.29. The molecule has 0 aromatic heterocycles. The maximum atomic E-state index is 11.5. The van der Waals surface area contributed by atoms with E-state index < -0.39 is 0 Å². The van der Waals surface area contributed by atoms with Crippen LogP contribution in [0, 0.1) is 0 Å². The number of hydrogen-bond acceptors (Lipinski definition) is 3. The summed E-state index contributed by atoms with van der Waals surface area (Å²) in [5.41, 5.74) is 5.51. The van der Waals surface area contributed by atoms with Gasteiger partial charge in [-0.15, -0.1) is 0 Å². The average molecular weight is 239 g/mol. The Morgan fingerprint density at radius 3 is 2.41 bits per heavy atom. The topological polar surface area (TPSA) is 58.4 Å². The molecule has 2 aliphatic rings. The number of amides is 1. The minimum Gasteiger partial charge on any atom is -0.368 e. The first-order valence-corrected chi connectivity index (χ1v) is 7.05. The predicted octanol–water partition coefficient (Wildman–Crippen LogP) is 0.858. The highest BCUT2D eigenvalue weighted by atomic mass is 16.1. The summed E-state index contributed by atoms with van der Waals surface area (Å²) in [6.07, 6.45) is 9.18. The van der Waals surface area contributed by atoms with Gasteiger partial charge in [0.05, 0.1) is 0 Å². The molecule has 1 aliphatic heterocycles. The van der Waals surface area contributed by atoms with Gasteiger partial charge in [0.15, 0.2) is 0 Å². The van der Waals surface area contributed by atoms with Crippen molar-refractivity contribution in [3.8, 4) is 0 Å². The predicted molar refractivity (Wildman–Crippen MR) is 68.7 cm³/mol. The SMILES string of the molecule is NC(=O)C1CNCCN1C1CCCCCCC1. The molecule has 1 unspecified atom stereocenters. The van der Waals surface area contributed by atoms with Gasteiger partial charge in [-0.1, -0.05) is 32.1 Å². The van der Waals surface area contributed by atoms with Crippen LogP contribution in [-0.4, -0.2) is 42.5 Å². The molecule has 1 aliphatic carbocycles. The Morgan fingerprint density at radius 2 is 1.76 bits per heavy atom. The fourth-order valence-electron chi connectivity index (χ4n) is 3.19. The highest BCUT2D eigenvalue weighted by molar-refractivity contribution is 5.80. The molecule has 0 radical (unpaired) electrons. The Labute approximate surface area is 104 Å². The lowest BCUT2D eigenvalue weighted by Gasteiger charge is -2.40. The molecular formula is C13H25N3O. The van der Waals surface area contributed by atoms with Crippen LogP contribution in [0.5, 0.6) is 0 Å². The summed E-state index contributed by atoms with van der Waals surface area (Å²) in [5, 5.41) is 3.27. The van der Waals surface area contributed by atoms with E-state index in [1.54, 1.807) is 0 Å². The smallest absolute Gasteiger partial charge is 0.236 e. The molecule has 3 N–H and O–H groups in total. The summed E-state index contributed by atoms with van der Waals surface area (Å²) in [7, 11) is 0. The van der Waals surface area contributed by atoms with Crippen molar-refractivity contribution < 1.29 is 4.79 Å². The lowest BCUT2D eigenvalue weighted by molar-refractivity contribution is -0.125. The molecule has 0 bridgehead atoms. The van der Waals surface area contributed by atoms with E-state index in [0.717, 1.165) is 19.6 Å². The van der Waals surface area contributed by atoms with Crippen LogP contribution in [0.15, 0.2) is 0 Å². The second-order valence-corrected chi connectivity index (χ2v) is 5.36. The lowest BCUT2D eigenvalue weighted by atomic mass is 9.94. The number of piperazine rings is 1. The molecule has 4 heteroatoms. The first-order valence-electron chi connectivity index (χ1n) is 7.05. The van der Waals surface area contributed by atoms with Crippen molar-refractivity contribution in [1.29, 1.82) is 0 Å². The molecular weight excluding hydrogens is 214 g/mol. The van der Waals surface area contributed by atoms with E-state index in [2.05, 4.69) is 10.2 Å². The third-order valence-electron chi connectivity index (χ3n) is 4.16. The number of hydrogen-bond donors (Lipinski definition) is 2. The van der Waals surface area contributed by atoms with E-state index in [-0.39, 0.29) is 11.9 Å². The fraction of sp³-hybridized carbons (Fsp3) is 0.923. The van der Waals surface area contributed by atoms with Gasteiger partial charge in [-0.2, -0.15) is 0 Å². The Hall–Kier alpha value is -0.610. The van der Waals surface area contributed by atoms with Gasteiger partial charge in [-0.25, -0.2) is 0 Å². The summed E-state index contributed by atoms with van der Waals surface area (Å²) in [5.74, 6) is -0.167. The van der Waals surface area contributed by atoms with E-state index in [0.29, 0.717) is 6.04 Å². The van der Waals surface area contributed by atoms with E-state index in [1.807, 2.05) is 0 Å². The lowest BCUT2D eigenvalue weighted by Crippen LogP contribution is -2.60. The van der Waals surface area contributed by atoms with Crippen molar-refractivity contribution in [2.45, 2.75) is 57.0 Å². The number of nitrogens with two attached hydrogens (primary N) is 1. The van der Waals surface area contributed by atoms with Crippen molar-refractivity contribution in [2.24, 2.45) is 5.73 Å². The number of primary amides is 1.